The van der Waals surface area contributed by atoms with Gasteiger partial charge in [0.05, 0.1) is 11.6 Å². The first-order valence-corrected chi connectivity index (χ1v) is 7.97. The van der Waals surface area contributed by atoms with Crippen molar-refractivity contribution < 1.29 is 18.0 Å². The summed E-state index contributed by atoms with van der Waals surface area (Å²) in [4.78, 5) is 16.0. The van der Waals surface area contributed by atoms with Crippen molar-refractivity contribution in [2.45, 2.75) is 33.0 Å². The molecular formula is C17H24F3N3O. The van der Waals surface area contributed by atoms with Crippen LogP contribution in [0.2, 0.25) is 0 Å². The number of nitrogens with zero attached hydrogens (tertiary/aromatic N) is 2. The number of carbonyl (C=O) groups excluding carboxylic acids is 1. The maximum absolute atomic E-state index is 12.8. The Morgan fingerprint density at radius 1 is 1.12 bits per heavy atom. The van der Waals surface area contributed by atoms with Gasteiger partial charge in [-0.1, -0.05) is 26.8 Å². The molecule has 1 aromatic rings. The van der Waals surface area contributed by atoms with Crippen molar-refractivity contribution in [1.82, 2.24) is 4.90 Å². The molecule has 0 bridgehead atoms. The van der Waals surface area contributed by atoms with Crippen molar-refractivity contribution in [3.05, 3.63) is 29.8 Å². The molecule has 2 N–H and O–H groups in total. The number of alkyl halides is 3. The molecule has 134 valence electrons. The lowest BCUT2D eigenvalue weighted by Crippen LogP contribution is -2.56. The van der Waals surface area contributed by atoms with Crippen molar-refractivity contribution in [1.29, 1.82) is 0 Å². The van der Waals surface area contributed by atoms with Crippen molar-refractivity contribution in [2.24, 2.45) is 11.1 Å². The highest BCUT2D eigenvalue weighted by molar-refractivity contribution is 5.82. The van der Waals surface area contributed by atoms with Gasteiger partial charge in [-0.3, -0.25) is 4.79 Å². The molecular weight excluding hydrogens is 319 g/mol. The summed E-state index contributed by atoms with van der Waals surface area (Å²) < 4.78 is 38.5. The minimum Gasteiger partial charge on any atom is -0.368 e. The SMILES string of the molecule is CC(C)(C)[C@H](N)C(=O)N1CCN(c2cccc(C(F)(F)F)c2)CC1. The molecule has 7 heteroatoms. The van der Waals surface area contributed by atoms with Crippen LogP contribution in [0.4, 0.5) is 18.9 Å². The van der Waals surface area contributed by atoms with Gasteiger partial charge in [0.2, 0.25) is 5.91 Å². The lowest BCUT2D eigenvalue weighted by Gasteiger charge is -2.39. The monoisotopic (exact) mass is 343 g/mol. The Kier molecular flexibility index (Phi) is 5.13. The fourth-order valence-electron chi connectivity index (χ4n) is 2.63. The van der Waals surface area contributed by atoms with Gasteiger partial charge in [-0.15, -0.1) is 0 Å². The summed E-state index contributed by atoms with van der Waals surface area (Å²) in [6.07, 6.45) is -4.35. The highest BCUT2D eigenvalue weighted by atomic mass is 19.4. The normalized spacial score (nSPS) is 17.8. The number of amides is 1. The molecule has 24 heavy (non-hydrogen) atoms. The third kappa shape index (κ3) is 4.20. The molecule has 0 spiro atoms. The summed E-state index contributed by atoms with van der Waals surface area (Å²) in [5, 5.41) is 0. The van der Waals surface area contributed by atoms with E-state index in [-0.39, 0.29) is 11.3 Å². The van der Waals surface area contributed by atoms with Crippen LogP contribution >= 0.6 is 0 Å². The standard InChI is InChI=1S/C17H24F3N3O/c1-16(2,3)14(21)15(24)23-9-7-22(8-10-23)13-6-4-5-12(11-13)17(18,19)20/h4-6,11,14H,7-10,21H2,1-3H3/t14-/m1/s1. The third-order valence-corrected chi connectivity index (χ3v) is 4.33. The summed E-state index contributed by atoms with van der Waals surface area (Å²) in [5.41, 5.74) is 5.55. The van der Waals surface area contributed by atoms with E-state index in [0.717, 1.165) is 12.1 Å². The molecule has 4 nitrogen and oxygen atoms in total. The van der Waals surface area contributed by atoms with Gasteiger partial charge in [0, 0.05) is 31.9 Å². The van der Waals surface area contributed by atoms with Crippen LogP contribution in [-0.2, 0) is 11.0 Å². The van der Waals surface area contributed by atoms with Crippen molar-refractivity contribution in [2.75, 3.05) is 31.1 Å². The largest absolute Gasteiger partial charge is 0.416 e. The van der Waals surface area contributed by atoms with Crippen LogP contribution in [0.15, 0.2) is 24.3 Å². The van der Waals surface area contributed by atoms with Gasteiger partial charge in [-0.2, -0.15) is 13.2 Å². The van der Waals surface area contributed by atoms with Gasteiger partial charge in [0.15, 0.2) is 0 Å². The van der Waals surface area contributed by atoms with E-state index in [4.69, 9.17) is 5.73 Å². The van der Waals surface area contributed by atoms with E-state index in [0.29, 0.717) is 31.9 Å². The van der Waals surface area contributed by atoms with E-state index in [9.17, 15) is 18.0 Å². The summed E-state index contributed by atoms with van der Waals surface area (Å²) in [6, 6.07) is 4.70. The molecule has 0 aliphatic carbocycles. The number of hydrogen-bond donors (Lipinski definition) is 1. The van der Waals surface area contributed by atoms with Crippen molar-refractivity contribution >= 4 is 11.6 Å². The fourth-order valence-corrected chi connectivity index (χ4v) is 2.63. The molecule has 1 aromatic carbocycles. The molecule has 1 atom stereocenters. The van der Waals surface area contributed by atoms with Crippen LogP contribution in [0.5, 0.6) is 0 Å². The average Bonchev–Trinajstić information content (AvgIpc) is 2.52. The number of rotatable bonds is 2. The topological polar surface area (TPSA) is 49.6 Å². The van der Waals surface area contributed by atoms with Crippen LogP contribution in [-0.4, -0.2) is 43.0 Å². The predicted octanol–water partition coefficient (Wildman–Crippen LogP) is 2.73. The maximum atomic E-state index is 12.8. The van der Waals surface area contributed by atoms with Crippen LogP contribution in [0, 0.1) is 5.41 Å². The first kappa shape index (κ1) is 18.6. The molecule has 1 saturated heterocycles. The maximum Gasteiger partial charge on any atom is 0.416 e. The van der Waals surface area contributed by atoms with Crippen molar-refractivity contribution in [3.8, 4) is 0 Å². The highest BCUT2D eigenvalue weighted by Crippen LogP contribution is 2.32. The Morgan fingerprint density at radius 3 is 2.21 bits per heavy atom. The lowest BCUT2D eigenvalue weighted by molar-refractivity contribution is -0.137. The first-order chi connectivity index (χ1) is 11.0. The number of piperazine rings is 1. The number of nitrogens with two attached hydrogens (primary N) is 1. The molecule has 1 amide bonds. The van der Waals surface area contributed by atoms with Crippen LogP contribution in [0.25, 0.3) is 0 Å². The smallest absolute Gasteiger partial charge is 0.368 e. The van der Waals surface area contributed by atoms with E-state index in [1.165, 1.54) is 6.07 Å². The Hall–Kier alpha value is -1.76. The number of carbonyl (C=O) groups is 1. The van der Waals surface area contributed by atoms with Crippen LogP contribution < -0.4 is 10.6 Å². The zero-order chi connectivity index (χ0) is 18.1. The van der Waals surface area contributed by atoms with Gasteiger partial charge >= 0.3 is 6.18 Å². The molecule has 1 aliphatic heterocycles. The lowest BCUT2D eigenvalue weighted by atomic mass is 9.86. The quantitative estimate of drug-likeness (QED) is 0.898. The van der Waals surface area contributed by atoms with Gasteiger partial charge in [0.1, 0.15) is 0 Å². The predicted molar refractivity (Wildman–Crippen MR) is 87.7 cm³/mol. The second-order valence-corrected chi connectivity index (χ2v) is 7.20. The Bertz CT molecular complexity index is 587. The van der Waals surface area contributed by atoms with E-state index >= 15 is 0 Å². The second-order valence-electron chi connectivity index (χ2n) is 7.20. The molecule has 0 unspecified atom stereocenters. The van der Waals surface area contributed by atoms with Gasteiger partial charge < -0.3 is 15.5 Å². The van der Waals surface area contributed by atoms with E-state index < -0.39 is 17.8 Å². The number of benzene rings is 1. The molecule has 0 saturated carbocycles. The highest BCUT2D eigenvalue weighted by Gasteiger charge is 2.33. The molecule has 0 aromatic heterocycles. The van der Waals surface area contributed by atoms with Gasteiger partial charge in [0.25, 0.3) is 0 Å². The minimum absolute atomic E-state index is 0.105. The van der Waals surface area contributed by atoms with Crippen molar-refractivity contribution in [3.63, 3.8) is 0 Å². The Labute approximate surface area is 140 Å². The minimum atomic E-state index is -4.35. The third-order valence-electron chi connectivity index (χ3n) is 4.33. The Morgan fingerprint density at radius 2 is 1.71 bits per heavy atom. The Balaban J connectivity index is 2.02. The molecule has 1 aliphatic rings. The summed E-state index contributed by atoms with van der Waals surface area (Å²) >= 11 is 0. The van der Waals surface area contributed by atoms with E-state index in [1.807, 2.05) is 25.7 Å². The first-order valence-electron chi connectivity index (χ1n) is 7.97. The summed E-state index contributed by atoms with van der Waals surface area (Å²) in [7, 11) is 0. The summed E-state index contributed by atoms with van der Waals surface area (Å²) in [6.45, 7) is 7.63. The van der Waals surface area contributed by atoms with Gasteiger partial charge in [-0.25, -0.2) is 0 Å². The van der Waals surface area contributed by atoms with Crippen LogP contribution in [0.3, 0.4) is 0 Å². The second kappa shape index (κ2) is 6.63. The average molecular weight is 343 g/mol. The fraction of sp³-hybridized carbons (Fsp3) is 0.588. The van der Waals surface area contributed by atoms with Gasteiger partial charge in [-0.05, 0) is 23.6 Å². The molecule has 1 heterocycles. The number of hydrogen-bond acceptors (Lipinski definition) is 3. The molecule has 2 rings (SSSR count). The number of halogens is 3. The molecule has 1 fully saturated rings. The van der Waals surface area contributed by atoms with E-state index in [2.05, 4.69) is 0 Å². The van der Waals surface area contributed by atoms with E-state index in [1.54, 1.807) is 11.0 Å². The zero-order valence-electron chi connectivity index (χ0n) is 14.2. The zero-order valence-corrected chi connectivity index (χ0v) is 14.2. The summed E-state index contributed by atoms with van der Waals surface area (Å²) in [5.74, 6) is -0.105. The van der Waals surface area contributed by atoms with Crippen LogP contribution in [0.1, 0.15) is 26.3 Å². The molecule has 0 radical (unpaired) electrons. The number of anilines is 1.